The first-order chi connectivity index (χ1) is 6.65. The largest absolute Gasteiger partial charge is 0.335 e. The molecule has 4 heteroatoms. The highest BCUT2D eigenvalue weighted by molar-refractivity contribution is 5.75. The van der Waals surface area contributed by atoms with Crippen LogP contribution in [0.2, 0.25) is 0 Å². The summed E-state index contributed by atoms with van der Waals surface area (Å²) in [5.41, 5.74) is 5.43. The highest BCUT2D eigenvalue weighted by atomic mass is 16.2. The summed E-state index contributed by atoms with van der Waals surface area (Å²) in [5, 5.41) is 2.99. The lowest BCUT2D eigenvalue weighted by atomic mass is 10.3. The zero-order chi connectivity index (χ0) is 10.6. The summed E-state index contributed by atoms with van der Waals surface area (Å²) in [4.78, 5) is 13.6. The van der Waals surface area contributed by atoms with Gasteiger partial charge in [0, 0.05) is 18.6 Å². The smallest absolute Gasteiger partial charge is 0.317 e. The fraction of sp³-hybridized carbons (Fsp3) is 0.900. The summed E-state index contributed by atoms with van der Waals surface area (Å²) < 4.78 is 0. The second-order valence-corrected chi connectivity index (χ2v) is 4.15. The van der Waals surface area contributed by atoms with Crippen LogP contribution in [0, 0.1) is 0 Å². The van der Waals surface area contributed by atoms with E-state index >= 15 is 0 Å². The second kappa shape index (κ2) is 5.20. The molecule has 0 bridgehead atoms. The zero-order valence-corrected chi connectivity index (χ0v) is 9.12. The van der Waals surface area contributed by atoms with E-state index < -0.39 is 0 Å². The number of urea groups is 1. The molecule has 4 nitrogen and oxygen atoms in total. The molecule has 0 spiro atoms. The third-order valence-electron chi connectivity index (χ3n) is 2.39. The van der Waals surface area contributed by atoms with Crippen LogP contribution in [-0.2, 0) is 0 Å². The van der Waals surface area contributed by atoms with Crippen LogP contribution >= 0.6 is 0 Å². The molecule has 2 amide bonds. The molecule has 14 heavy (non-hydrogen) atoms. The summed E-state index contributed by atoms with van der Waals surface area (Å²) in [6.45, 7) is 5.46. The Morgan fingerprint density at radius 1 is 1.57 bits per heavy atom. The third-order valence-corrected chi connectivity index (χ3v) is 2.39. The fourth-order valence-electron chi connectivity index (χ4n) is 1.34. The maximum absolute atomic E-state index is 11.7. The molecule has 1 saturated carbocycles. The highest BCUT2D eigenvalue weighted by Gasteiger charge is 2.26. The molecule has 0 atom stereocenters. The first-order valence-electron chi connectivity index (χ1n) is 5.42. The van der Waals surface area contributed by atoms with E-state index in [4.69, 9.17) is 5.73 Å². The van der Waals surface area contributed by atoms with E-state index in [2.05, 4.69) is 5.32 Å². The number of carbonyl (C=O) groups excluding carboxylic acids is 1. The van der Waals surface area contributed by atoms with Gasteiger partial charge in [-0.15, -0.1) is 0 Å². The van der Waals surface area contributed by atoms with Gasteiger partial charge in [0.05, 0.1) is 0 Å². The van der Waals surface area contributed by atoms with Gasteiger partial charge >= 0.3 is 6.03 Å². The molecule has 1 rings (SSSR count). The topological polar surface area (TPSA) is 58.4 Å². The molecule has 82 valence electrons. The van der Waals surface area contributed by atoms with E-state index in [1.54, 1.807) is 0 Å². The predicted octanol–water partition coefficient (Wildman–Crippen LogP) is 0.918. The van der Waals surface area contributed by atoms with Crippen LogP contribution in [0.3, 0.4) is 0 Å². The molecular weight excluding hydrogens is 178 g/mol. The number of rotatable bonds is 5. The van der Waals surface area contributed by atoms with E-state index in [0.717, 1.165) is 25.8 Å². The number of amides is 2. The monoisotopic (exact) mass is 199 g/mol. The van der Waals surface area contributed by atoms with Crippen LogP contribution in [0.15, 0.2) is 0 Å². The molecule has 0 aromatic carbocycles. The molecule has 0 aromatic heterocycles. The SMILES string of the molecule is CC(C)N(CCCN)C(=O)NC1CC1. The lowest BCUT2D eigenvalue weighted by Crippen LogP contribution is -2.45. The Kier molecular flexibility index (Phi) is 4.20. The standard InChI is InChI=1S/C10H21N3O/c1-8(2)13(7-3-6-11)10(14)12-9-4-5-9/h8-9H,3-7,11H2,1-2H3,(H,12,14). The summed E-state index contributed by atoms with van der Waals surface area (Å²) in [5.74, 6) is 0. The van der Waals surface area contributed by atoms with Gasteiger partial charge in [0.2, 0.25) is 0 Å². The minimum atomic E-state index is 0.0657. The van der Waals surface area contributed by atoms with Crippen molar-refractivity contribution in [2.75, 3.05) is 13.1 Å². The van der Waals surface area contributed by atoms with Crippen LogP contribution in [0.5, 0.6) is 0 Å². The first-order valence-corrected chi connectivity index (χ1v) is 5.42. The van der Waals surface area contributed by atoms with Gasteiger partial charge in [0.15, 0.2) is 0 Å². The summed E-state index contributed by atoms with van der Waals surface area (Å²) in [7, 11) is 0. The van der Waals surface area contributed by atoms with E-state index in [0.29, 0.717) is 12.6 Å². The van der Waals surface area contributed by atoms with Crippen molar-refractivity contribution in [1.29, 1.82) is 0 Å². The van der Waals surface area contributed by atoms with Crippen molar-refractivity contribution in [3.05, 3.63) is 0 Å². The fourth-order valence-corrected chi connectivity index (χ4v) is 1.34. The Balaban J connectivity index is 2.34. The average molecular weight is 199 g/mol. The zero-order valence-electron chi connectivity index (χ0n) is 9.12. The molecule has 0 aromatic rings. The molecule has 1 fully saturated rings. The molecule has 0 radical (unpaired) electrons. The maximum Gasteiger partial charge on any atom is 0.317 e. The Morgan fingerprint density at radius 3 is 2.64 bits per heavy atom. The van der Waals surface area contributed by atoms with Gasteiger partial charge < -0.3 is 16.0 Å². The lowest BCUT2D eigenvalue weighted by Gasteiger charge is -2.26. The molecule has 1 aliphatic carbocycles. The van der Waals surface area contributed by atoms with Crippen molar-refractivity contribution in [2.45, 2.75) is 45.2 Å². The van der Waals surface area contributed by atoms with Crippen LogP contribution in [0.4, 0.5) is 4.79 Å². The van der Waals surface area contributed by atoms with Gasteiger partial charge in [-0.05, 0) is 39.7 Å². The quantitative estimate of drug-likeness (QED) is 0.691. The molecule has 3 N–H and O–H groups in total. The third kappa shape index (κ3) is 3.54. The normalized spacial score (nSPS) is 15.7. The van der Waals surface area contributed by atoms with Crippen molar-refractivity contribution in [2.24, 2.45) is 5.73 Å². The van der Waals surface area contributed by atoms with Crippen molar-refractivity contribution < 1.29 is 4.79 Å². The van der Waals surface area contributed by atoms with Crippen molar-refractivity contribution >= 4 is 6.03 Å². The van der Waals surface area contributed by atoms with Gasteiger partial charge in [0.25, 0.3) is 0 Å². The van der Waals surface area contributed by atoms with Crippen molar-refractivity contribution in [3.8, 4) is 0 Å². The predicted molar refractivity (Wildman–Crippen MR) is 57.1 cm³/mol. The molecule has 0 unspecified atom stereocenters. The Bertz CT molecular complexity index is 190. The molecule has 1 aliphatic rings. The Hall–Kier alpha value is -0.770. The van der Waals surface area contributed by atoms with Gasteiger partial charge in [-0.2, -0.15) is 0 Å². The van der Waals surface area contributed by atoms with Crippen molar-refractivity contribution in [1.82, 2.24) is 10.2 Å². The highest BCUT2D eigenvalue weighted by Crippen LogP contribution is 2.19. The second-order valence-electron chi connectivity index (χ2n) is 4.15. The number of carbonyl (C=O) groups is 1. The summed E-state index contributed by atoms with van der Waals surface area (Å²) in [6.07, 6.45) is 3.14. The minimum Gasteiger partial charge on any atom is -0.335 e. The van der Waals surface area contributed by atoms with Gasteiger partial charge in [-0.1, -0.05) is 0 Å². The molecular formula is C10H21N3O. The number of nitrogens with zero attached hydrogens (tertiary/aromatic N) is 1. The van der Waals surface area contributed by atoms with E-state index in [-0.39, 0.29) is 12.1 Å². The summed E-state index contributed by atoms with van der Waals surface area (Å²) in [6, 6.07) is 0.748. The molecule has 0 heterocycles. The average Bonchev–Trinajstić information content (AvgIpc) is 2.88. The molecule has 0 saturated heterocycles. The maximum atomic E-state index is 11.7. The van der Waals surface area contributed by atoms with Crippen LogP contribution in [0.25, 0.3) is 0 Å². The van der Waals surface area contributed by atoms with Crippen LogP contribution in [0.1, 0.15) is 33.1 Å². The van der Waals surface area contributed by atoms with Crippen molar-refractivity contribution in [3.63, 3.8) is 0 Å². The number of hydrogen-bond donors (Lipinski definition) is 2. The number of nitrogens with one attached hydrogen (secondary N) is 1. The van der Waals surface area contributed by atoms with E-state index in [9.17, 15) is 4.79 Å². The molecule has 0 aliphatic heterocycles. The van der Waals surface area contributed by atoms with Gasteiger partial charge in [-0.25, -0.2) is 4.79 Å². The van der Waals surface area contributed by atoms with Gasteiger partial charge in [0.1, 0.15) is 0 Å². The van der Waals surface area contributed by atoms with Gasteiger partial charge in [-0.3, -0.25) is 0 Å². The van der Waals surface area contributed by atoms with E-state index in [1.165, 1.54) is 0 Å². The summed E-state index contributed by atoms with van der Waals surface area (Å²) >= 11 is 0. The lowest BCUT2D eigenvalue weighted by molar-refractivity contribution is 0.182. The number of nitrogens with two attached hydrogens (primary N) is 1. The number of hydrogen-bond acceptors (Lipinski definition) is 2. The Morgan fingerprint density at radius 2 is 2.21 bits per heavy atom. The minimum absolute atomic E-state index is 0.0657. The Labute approximate surface area is 85.8 Å². The van der Waals surface area contributed by atoms with Crippen LogP contribution in [-0.4, -0.2) is 36.1 Å². The van der Waals surface area contributed by atoms with Crippen LogP contribution < -0.4 is 11.1 Å². The van der Waals surface area contributed by atoms with E-state index in [1.807, 2.05) is 18.7 Å². The first kappa shape index (κ1) is 11.3.